The van der Waals surface area contributed by atoms with Gasteiger partial charge in [0, 0.05) is 26.6 Å². The summed E-state index contributed by atoms with van der Waals surface area (Å²) >= 11 is 0. The van der Waals surface area contributed by atoms with Gasteiger partial charge in [-0.25, -0.2) is 4.79 Å². The van der Waals surface area contributed by atoms with Crippen LogP contribution in [0.5, 0.6) is 0 Å². The largest absolute Gasteiger partial charge is 0.344 e. The molecule has 0 aliphatic carbocycles. The van der Waals surface area contributed by atoms with Crippen LogP contribution in [-0.2, 0) is 11.3 Å². The molecule has 2 heterocycles. The number of hydrogen-bond donors (Lipinski definition) is 2. The fraction of sp³-hybridized carbons (Fsp3) is 0.688. The summed E-state index contributed by atoms with van der Waals surface area (Å²) in [6.45, 7) is 9.82. The summed E-state index contributed by atoms with van der Waals surface area (Å²) in [5.41, 5.74) is 1.75. The molecule has 0 aromatic carbocycles. The Morgan fingerprint density at radius 1 is 1.39 bits per heavy atom. The number of nitrogens with one attached hydrogen (secondary N) is 2. The van der Waals surface area contributed by atoms with Crippen LogP contribution >= 0.6 is 0 Å². The number of rotatable bonds is 5. The molecule has 1 aromatic rings. The fourth-order valence-corrected chi connectivity index (χ4v) is 2.90. The van der Waals surface area contributed by atoms with E-state index in [1.54, 1.807) is 18.1 Å². The first-order chi connectivity index (χ1) is 10.8. The van der Waals surface area contributed by atoms with Gasteiger partial charge in [0.1, 0.15) is 0 Å². The molecule has 3 amide bonds. The van der Waals surface area contributed by atoms with Crippen molar-refractivity contribution in [1.82, 2.24) is 20.0 Å². The van der Waals surface area contributed by atoms with Crippen LogP contribution in [0.3, 0.4) is 0 Å². The van der Waals surface area contributed by atoms with Crippen molar-refractivity contribution in [2.75, 3.05) is 18.9 Å². The lowest BCUT2D eigenvalue weighted by Gasteiger charge is -2.16. The SMILES string of the molecule is CC(C)Cn1ncc(NC(=O)N[C@H]2CC(=O)N(C)C2)c1C(C)C. The number of amides is 3. The zero-order valence-electron chi connectivity index (χ0n) is 14.6. The molecule has 7 heteroatoms. The molecule has 1 fully saturated rings. The van der Waals surface area contributed by atoms with Gasteiger partial charge in [-0.05, 0) is 11.8 Å². The topological polar surface area (TPSA) is 79.3 Å². The molecule has 1 aromatic heterocycles. The lowest BCUT2D eigenvalue weighted by molar-refractivity contribution is -0.126. The van der Waals surface area contributed by atoms with Crippen LogP contribution in [0.25, 0.3) is 0 Å². The molecular formula is C16H27N5O2. The third-order valence-corrected chi connectivity index (χ3v) is 3.89. The summed E-state index contributed by atoms with van der Waals surface area (Å²) in [6, 6.07) is -0.426. The van der Waals surface area contributed by atoms with Crippen LogP contribution in [0, 0.1) is 5.92 Å². The molecule has 0 spiro atoms. The molecule has 2 N–H and O–H groups in total. The molecule has 2 rings (SSSR count). The van der Waals surface area contributed by atoms with Crippen molar-refractivity contribution in [3.63, 3.8) is 0 Å². The Morgan fingerprint density at radius 2 is 2.09 bits per heavy atom. The number of likely N-dealkylation sites (tertiary alicyclic amines) is 1. The van der Waals surface area contributed by atoms with Crippen molar-refractivity contribution in [3.8, 4) is 0 Å². The van der Waals surface area contributed by atoms with E-state index in [1.165, 1.54) is 0 Å². The van der Waals surface area contributed by atoms with Gasteiger partial charge in [0.25, 0.3) is 0 Å². The highest BCUT2D eigenvalue weighted by Crippen LogP contribution is 2.25. The van der Waals surface area contributed by atoms with Crippen LogP contribution in [0.4, 0.5) is 10.5 Å². The molecule has 1 saturated heterocycles. The average Bonchev–Trinajstić information content (AvgIpc) is 2.93. The second kappa shape index (κ2) is 7.02. The second-order valence-corrected chi connectivity index (χ2v) is 6.95. The standard InChI is InChI=1S/C16H27N5O2/c1-10(2)8-21-15(11(3)4)13(7-17-21)19-16(23)18-12-6-14(22)20(5)9-12/h7,10-12H,6,8-9H2,1-5H3,(H2,18,19,23)/t12-/m0/s1. The van der Waals surface area contributed by atoms with Crippen LogP contribution < -0.4 is 10.6 Å². The van der Waals surface area contributed by atoms with Crippen LogP contribution in [0.2, 0.25) is 0 Å². The molecule has 0 unspecified atom stereocenters. The van der Waals surface area contributed by atoms with Gasteiger partial charge in [-0.2, -0.15) is 5.10 Å². The minimum Gasteiger partial charge on any atom is -0.344 e. The van der Waals surface area contributed by atoms with E-state index >= 15 is 0 Å². The van der Waals surface area contributed by atoms with E-state index in [1.807, 2.05) is 4.68 Å². The Bertz CT molecular complexity index is 579. The molecule has 1 atom stereocenters. The van der Waals surface area contributed by atoms with E-state index in [0.717, 1.165) is 17.9 Å². The zero-order chi connectivity index (χ0) is 17.1. The molecule has 7 nitrogen and oxygen atoms in total. The lowest BCUT2D eigenvalue weighted by atomic mass is 10.1. The number of nitrogens with zero attached hydrogens (tertiary/aromatic N) is 3. The van der Waals surface area contributed by atoms with Crippen molar-refractivity contribution >= 4 is 17.6 Å². The first-order valence-electron chi connectivity index (χ1n) is 8.15. The summed E-state index contributed by atoms with van der Waals surface area (Å²) in [5.74, 6) is 0.794. The van der Waals surface area contributed by atoms with E-state index in [2.05, 4.69) is 43.4 Å². The molecular weight excluding hydrogens is 294 g/mol. The predicted molar refractivity (Wildman–Crippen MR) is 89.4 cm³/mol. The van der Waals surface area contributed by atoms with E-state index < -0.39 is 0 Å². The summed E-state index contributed by atoms with van der Waals surface area (Å²) in [7, 11) is 1.74. The maximum atomic E-state index is 12.2. The minimum absolute atomic E-state index is 0.0583. The Kier molecular flexibility index (Phi) is 5.28. The molecule has 1 aliphatic heterocycles. The number of anilines is 1. The smallest absolute Gasteiger partial charge is 0.319 e. The van der Waals surface area contributed by atoms with Crippen molar-refractivity contribution in [2.24, 2.45) is 5.92 Å². The van der Waals surface area contributed by atoms with Gasteiger partial charge < -0.3 is 15.5 Å². The number of carbonyl (C=O) groups excluding carboxylic acids is 2. The van der Waals surface area contributed by atoms with Gasteiger partial charge in [0.15, 0.2) is 0 Å². The second-order valence-electron chi connectivity index (χ2n) is 6.95. The predicted octanol–water partition coefficient (Wildman–Crippen LogP) is 2.01. The minimum atomic E-state index is -0.288. The van der Waals surface area contributed by atoms with Gasteiger partial charge in [0.05, 0.1) is 23.6 Å². The Hall–Kier alpha value is -2.05. The quantitative estimate of drug-likeness (QED) is 0.871. The van der Waals surface area contributed by atoms with Gasteiger partial charge in [-0.1, -0.05) is 27.7 Å². The van der Waals surface area contributed by atoms with Crippen LogP contribution in [0.15, 0.2) is 6.20 Å². The van der Waals surface area contributed by atoms with Gasteiger partial charge in [-0.3, -0.25) is 9.48 Å². The molecule has 128 valence electrons. The Labute approximate surface area is 137 Å². The number of likely N-dealkylation sites (N-methyl/N-ethyl adjacent to an activating group) is 1. The van der Waals surface area contributed by atoms with Crippen molar-refractivity contribution < 1.29 is 9.59 Å². The highest BCUT2D eigenvalue weighted by Gasteiger charge is 2.28. The highest BCUT2D eigenvalue weighted by atomic mass is 16.2. The first-order valence-corrected chi connectivity index (χ1v) is 8.15. The van der Waals surface area contributed by atoms with E-state index in [0.29, 0.717) is 18.9 Å². The summed E-state index contributed by atoms with van der Waals surface area (Å²) in [5, 5.41) is 10.1. The monoisotopic (exact) mass is 321 g/mol. The van der Waals surface area contributed by atoms with Crippen molar-refractivity contribution in [3.05, 3.63) is 11.9 Å². The average molecular weight is 321 g/mol. The summed E-state index contributed by atoms with van der Waals surface area (Å²) in [4.78, 5) is 25.3. The molecule has 0 saturated carbocycles. The van der Waals surface area contributed by atoms with Crippen LogP contribution in [-0.4, -0.2) is 46.3 Å². The first kappa shape index (κ1) is 17.3. The van der Waals surface area contributed by atoms with Gasteiger partial charge in [0.2, 0.25) is 5.91 Å². The fourth-order valence-electron chi connectivity index (χ4n) is 2.90. The Morgan fingerprint density at radius 3 is 2.61 bits per heavy atom. The lowest BCUT2D eigenvalue weighted by Crippen LogP contribution is -2.39. The van der Waals surface area contributed by atoms with Gasteiger partial charge in [-0.15, -0.1) is 0 Å². The molecule has 23 heavy (non-hydrogen) atoms. The number of urea groups is 1. The third kappa shape index (κ3) is 4.24. The van der Waals surface area contributed by atoms with Crippen LogP contribution in [0.1, 0.15) is 45.7 Å². The van der Waals surface area contributed by atoms with E-state index in [9.17, 15) is 9.59 Å². The third-order valence-electron chi connectivity index (χ3n) is 3.89. The number of aromatic nitrogens is 2. The maximum Gasteiger partial charge on any atom is 0.319 e. The molecule has 1 aliphatic rings. The summed E-state index contributed by atoms with van der Waals surface area (Å²) in [6.07, 6.45) is 2.05. The summed E-state index contributed by atoms with van der Waals surface area (Å²) < 4.78 is 1.96. The normalized spacial score (nSPS) is 18.1. The highest BCUT2D eigenvalue weighted by molar-refractivity contribution is 5.91. The van der Waals surface area contributed by atoms with E-state index in [-0.39, 0.29) is 23.9 Å². The maximum absolute atomic E-state index is 12.2. The van der Waals surface area contributed by atoms with Gasteiger partial charge >= 0.3 is 6.03 Å². The number of hydrogen-bond acceptors (Lipinski definition) is 3. The van der Waals surface area contributed by atoms with Crippen molar-refractivity contribution in [1.29, 1.82) is 0 Å². The molecule has 0 radical (unpaired) electrons. The Balaban J connectivity index is 2.03. The van der Waals surface area contributed by atoms with Crippen molar-refractivity contribution in [2.45, 2.75) is 52.6 Å². The zero-order valence-corrected chi connectivity index (χ0v) is 14.6. The molecule has 0 bridgehead atoms. The number of carbonyl (C=O) groups is 2. The van der Waals surface area contributed by atoms with E-state index in [4.69, 9.17) is 0 Å².